The number of carboxylic acid groups (broad SMARTS) is 1. The van der Waals surface area contributed by atoms with Crippen molar-refractivity contribution in [2.24, 2.45) is 0 Å². The third-order valence-electron chi connectivity index (χ3n) is 2.05. The largest absolute Gasteiger partial charge is 0.492 e. The van der Waals surface area contributed by atoms with E-state index < -0.39 is 25.1 Å². The van der Waals surface area contributed by atoms with Gasteiger partial charge in [0.05, 0.1) is 22.3 Å². The first kappa shape index (κ1) is 16.6. The van der Waals surface area contributed by atoms with E-state index in [2.05, 4.69) is 10.1 Å². The Morgan fingerprint density at radius 2 is 1.95 bits per heavy atom. The first-order chi connectivity index (χ1) is 9.43. The van der Waals surface area contributed by atoms with Gasteiger partial charge in [0.25, 0.3) is 0 Å². The Balaban J connectivity index is 2.68. The van der Waals surface area contributed by atoms with Crippen LogP contribution in [0.3, 0.4) is 0 Å². The van der Waals surface area contributed by atoms with Crippen molar-refractivity contribution in [1.82, 2.24) is 0 Å². The number of halogens is 2. The Morgan fingerprint density at radius 3 is 2.55 bits per heavy atom. The Morgan fingerprint density at radius 1 is 1.25 bits per heavy atom. The molecule has 0 radical (unpaired) electrons. The summed E-state index contributed by atoms with van der Waals surface area (Å²) >= 11 is 11.9. The van der Waals surface area contributed by atoms with E-state index >= 15 is 0 Å². The van der Waals surface area contributed by atoms with Crippen molar-refractivity contribution in [3.63, 3.8) is 0 Å². The second kappa shape index (κ2) is 7.94. The fraction of sp³-hybridized carbons (Fsp3) is 0.333. The lowest BCUT2D eigenvalue weighted by Crippen LogP contribution is -2.20. The lowest BCUT2D eigenvalue weighted by atomic mass is 10.3. The third-order valence-corrected chi connectivity index (χ3v) is 2.66. The zero-order valence-electron chi connectivity index (χ0n) is 10.6. The van der Waals surface area contributed by atoms with Crippen molar-refractivity contribution >= 4 is 40.8 Å². The fourth-order valence-electron chi connectivity index (χ4n) is 1.31. The van der Waals surface area contributed by atoms with Gasteiger partial charge in [-0.3, -0.25) is 4.79 Å². The Labute approximate surface area is 125 Å². The van der Waals surface area contributed by atoms with Gasteiger partial charge in [0.2, 0.25) is 5.91 Å². The number of hydrogen-bond donors (Lipinski definition) is 2. The van der Waals surface area contributed by atoms with E-state index in [0.29, 0.717) is 23.1 Å². The molecule has 1 aromatic rings. The summed E-state index contributed by atoms with van der Waals surface area (Å²) in [5.74, 6) is -1.29. The summed E-state index contributed by atoms with van der Waals surface area (Å²) in [5, 5.41) is 11.4. The zero-order chi connectivity index (χ0) is 15.1. The first-order valence-electron chi connectivity index (χ1n) is 5.65. The number of hydrogen-bond acceptors (Lipinski definition) is 4. The number of rotatable bonds is 7. The molecule has 0 aliphatic carbocycles. The van der Waals surface area contributed by atoms with Crippen LogP contribution in [0.5, 0.6) is 5.75 Å². The SMILES string of the molecule is CCOc1cc(NC(=O)COCC(=O)O)c(Cl)cc1Cl. The maximum Gasteiger partial charge on any atom is 0.329 e. The van der Waals surface area contributed by atoms with Gasteiger partial charge in [-0.1, -0.05) is 23.2 Å². The lowest BCUT2D eigenvalue weighted by Gasteiger charge is -2.11. The van der Waals surface area contributed by atoms with E-state index in [-0.39, 0.29) is 5.02 Å². The third kappa shape index (κ3) is 5.24. The van der Waals surface area contributed by atoms with Gasteiger partial charge < -0.3 is 19.9 Å². The summed E-state index contributed by atoms with van der Waals surface area (Å²) in [4.78, 5) is 21.8. The van der Waals surface area contributed by atoms with Gasteiger partial charge >= 0.3 is 5.97 Å². The molecule has 0 unspecified atom stereocenters. The van der Waals surface area contributed by atoms with Gasteiger partial charge in [0.15, 0.2) is 0 Å². The van der Waals surface area contributed by atoms with Crippen LogP contribution < -0.4 is 10.1 Å². The molecule has 110 valence electrons. The minimum absolute atomic E-state index is 0.241. The predicted molar refractivity (Wildman–Crippen MR) is 74.7 cm³/mol. The highest BCUT2D eigenvalue weighted by atomic mass is 35.5. The second-order valence-electron chi connectivity index (χ2n) is 3.63. The molecule has 0 saturated heterocycles. The monoisotopic (exact) mass is 321 g/mol. The van der Waals surface area contributed by atoms with E-state index in [9.17, 15) is 9.59 Å². The molecule has 0 bridgehead atoms. The summed E-state index contributed by atoms with van der Waals surface area (Å²) in [6.45, 7) is 1.26. The summed E-state index contributed by atoms with van der Waals surface area (Å²) in [6.07, 6.45) is 0. The van der Waals surface area contributed by atoms with Crippen molar-refractivity contribution in [1.29, 1.82) is 0 Å². The molecule has 2 N–H and O–H groups in total. The smallest absolute Gasteiger partial charge is 0.329 e. The van der Waals surface area contributed by atoms with Crippen LogP contribution in [0, 0.1) is 0 Å². The summed E-state index contributed by atoms with van der Waals surface area (Å²) < 4.78 is 9.93. The summed E-state index contributed by atoms with van der Waals surface area (Å²) in [6, 6.07) is 2.94. The highest BCUT2D eigenvalue weighted by Crippen LogP contribution is 2.34. The quantitative estimate of drug-likeness (QED) is 0.805. The molecule has 0 spiro atoms. The molecule has 8 heteroatoms. The van der Waals surface area contributed by atoms with Gasteiger partial charge in [0.1, 0.15) is 19.0 Å². The molecule has 0 fully saturated rings. The summed E-state index contributed by atoms with van der Waals surface area (Å²) in [7, 11) is 0. The van der Waals surface area contributed by atoms with Crippen molar-refractivity contribution in [3.8, 4) is 5.75 Å². The van der Waals surface area contributed by atoms with Crippen LogP contribution in [0.15, 0.2) is 12.1 Å². The van der Waals surface area contributed by atoms with Gasteiger partial charge in [-0.15, -0.1) is 0 Å². The molecule has 20 heavy (non-hydrogen) atoms. The van der Waals surface area contributed by atoms with Crippen LogP contribution in [-0.2, 0) is 14.3 Å². The number of anilines is 1. The molecule has 0 atom stereocenters. The molecular weight excluding hydrogens is 309 g/mol. The van der Waals surface area contributed by atoms with Crippen LogP contribution in [0.25, 0.3) is 0 Å². The number of benzene rings is 1. The van der Waals surface area contributed by atoms with Gasteiger partial charge in [-0.05, 0) is 13.0 Å². The van der Waals surface area contributed by atoms with Crippen molar-refractivity contribution in [2.75, 3.05) is 25.1 Å². The highest BCUT2D eigenvalue weighted by Gasteiger charge is 2.11. The molecule has 0 saturated carbocycles. The van der Waals surface area contributed by atoms with Crippen LogP contribution in [-0.4, -0.2) is 36.8 Å². The second-order valence-corrected chi connectivity index (χ2v) is 4.44. The Bertz CT molecular complexity index is 507. The molecule has 0 aliphatic rings. The van der Waals surface area contributed by atoms with Gasteiger partial charge in [-0.2, -0.15) is 0 Å². The predicted octanol–water partition coefficient (Wildman–Crippen LogP) is 2.43. The standard InChI is InChI=1S/C12H13Cl2NO5/c1-2-20-10-4-9(7(13)3-8(10)14)15-11(16)5-19-6-12(17)18/h3-4H,2,5-6H2,1H3,(H,15,16)(H,17,18). The van der Waals surface area contributed by atoms with E-state index in [1.54, 1.807) is 6.92 Å². The minimum Gasteiger partial charge on any atom is -0.492 e. The molecule has 1 amide bonds. The number of ether oxygens (including phenoxy) is 2. The van der Waals surface area contributed by atoms with Crippen LogP contribution >= 0.6 is 23.2 Å². The van der Waals surface area contributed by atoms with Crippen molar-refractivity contribution in [3.05, 3.63) is 22.2 Å². The number of carboxylic acids is 1. The lowest BCUT2D eigenvalue weighted by molar-refractivity contribution is -0.143. The molecule has 1 aromatic carbocycles. The van der Waals surface area contributed by atoms with Gasteiger partial charge in [-0.25, -0.2) is 4.79 Å². The van der Waals surface area contributed by atoms with E-state index in [1.807, 2.05) is 0 Å². The minimum atomic E-state index is -1.15. The maximum atomic E-state index is 11.5. The van der Waals surface area contributed by atoms with Gasteiger partial charge in [0, 0.05) is 6.07 Å². The normalized spacial score (nSPS) is 10.2. The van der Waals surface area contributed by atoms with E-state index in [1.165, 1.54) is 12.1 Å². The van der Waals surface area contributed by atoms with E-state index in [4.69, 9.17) is 33.0 Å². The Kier molecular flexibility index (Phi) is 6.57. The number of aliphatic carboxylic acids is 1. The number of carbonyl (C=O) groups is 2. The fourth-order valence-corrected chi connectivity index (χ4v) is 1.79. The van der Waals surface area contributed by atoms with Crippen LogP contribution in [0.2, 0.25) is 10.0 Å². The Hall–Kier alpha value is -1.50. The first-order valence-corrected chi connectivity index (χ1v) is 6.40. The van der Waals surface area contributed by atoms with E-state index in [0.717, 1.165) is 0 Å². The maximum absolute atomic E-state index is 11.5. The molecule has 0 heterocycles. The number of nitrogens with one attached hydrogen (secondary N) is 1. The highest BCUT2D eigenvalue weighted by molar-refractivity contribution is 6.37. The topological polar surface area (TPSA) is 84.9 Å². The van der Waals surface area contributed by atoms with Crippen molar-refractivity contribution < 1.29 is 24.2 Å². The zero-order valence-corrected chi connectivity index (χ0v) is 12.1. The van der Waals surface area contributed by atoms with Crippen LogP contribution in [0.1, 0.15) is 6.92 Å². The average molecular weight is 322 g/mol. The average Bonchev–Trinajstić information content (AvgIpc) is 2.35. The molecular formula is C12H13Cl2NO5. The number of amides is 1. The molecule has 6 nitrogen and oxygen atoms in total. The summed E-state index contributed by atoms with van der Waals surface area (Å²) in [5.41, 5.74) is 0.309. The molecule has 0 aliphatic heterocycles. The van der Waals surface area contributed by atoms with Crippen molar-refractivity contribution in [2.45, 2.75) is 6.92 Å². The molecule has 1 rings (SSSR count). The van der Waals surface area contributed by atoms with Crippen LogP contribution in [0.4, 0.5) is 5.69 Å². The molecule has 0 aromatic heterocycles. The number of carbonyl (C=O) groups excluding carboxylic acids is 1.